The zero-order valence-electron chi connectivity index (χ0n) is 35.5. The Balaban J connectivity index is 4.31. The van der Waals surface area contributed by atoms with Gasteiger partial charge in [0, 0.05) is 19.3 Å². The lowest BCUT2D eigenvalue weighted by Gasteiger charge is -2.31. The molecule has 8 heteroatoms. The summed E-state index contributed by atoms with van der Waals surface area (Å²) in [5, 5.41) is 9.61. The fourth-order valence-electron chi connectivity index (χ4n) is 6.67. The van der Waals surface area contributed by atoms with Crippen molar-refractivity contribution in [1.82, 2.24) is 0 Å². The summed E-state index contributed by atoms with van der Waals surface area (Å²) in [4.78, 5) is 36.9. The van der Waals surface area contributed by atoms with Gasteiger partial charge in [-0.2, -0.15) is 0 Å². The molecule has 0 aromatic heterocycles. The van der Waals surface area contributed by atoms with Crippen molar-refractivity contribution < 1.29 is 38.2 Å². The Bertz CT molecular complexity index is 885. The van der Waals surface area contributed by atoms with E-state index in [9.17, 15) is 19.5 Å². The van der Waals surface area contributed by atoms with E-state index in [4.69, 9.17) is 14.2 Å². The lowest BCUT2D eigenvalue weighted by molar-refractivity contribution is -0.887. The van der Waals surface area contributed by atoms with Crippen molar-refractivity contribution in [2.24, 2.45) is 0 Å². The zero-order chi connectivity index (χ0) is 39.3. The number of nitrogens with zero attached hydrogens (tertiary/aromatic N) is 1. The molecule has 0 spiro atoms. The molecule has 0 bridgehead atoms. The molecule has 0 amide bonds. The van der Waals surface area contributed by atoms with Crippen LogP contribution >= 0.6 is 0 Å². The van der Waals surface area contributed by atoms with Crippen LogP contribution in [0.3, 0.4) is 0 Å². The van der Waals surface area contributed by atoms with E-state index in [0.717, 1.165) is 51.4 Å². The SMILES string of the molecule is CCCCCC/C=C\CCCCCCCC(=O)OC(COCCC(C(=O)O)[N+](C)(C)C)COC(=O)CCCCCCCCCCCCCCCCCC. The fraction of sp³-hybridized carbons (Fsp3) is 0.889. The van der Waals surface area contributed by atoms with E-state index in [0.29, 0.717) is 19.3 Å². The van der Waals surface area contributed by atoms with E-state index in [2.05, 4.69) is 26.0 Å². The summed E-state index contributed by atoms with van der Waals surface area (Å²) >= 11 is 0. The highest BCUT2D eigenvalue weighted by Gasteiger charge is 2.31. The first kappa shape index (κ1) is 51.1. The van der Waals surface area contributed by atoms with Crippen LogP contribution in [0.1, 0.15) is 206 Å². The van der Waals surface area contributed by atoms with Gasteiger partial charge >= 0.3 is 17.9 Å². The highest BCUT2D eigenvalue weighted by atomic mass is 16.6. The van der Waals surface area contributed by atoms with Crippen molar-refractivity contribution in [2.45, 2.75) is 219 Å². The van der Waals surface area contributed by atoms with Crippen LogP contribution in [0.2, 0.25) is 0 Å². The molecular weight excluding hydrogens is 666 g/mol. The van der Waals surface area contributed by atoms with E-state index in [1.54, 1.807) is 0 Å². The number of hydrogen-bond donors (Lipinski definition) is 1. The molecule has 0 rings (SSSR count). The van der Waals surface area contributed by atoms with Gasteiger partial charge in [-0.15, -0.1) is 0 Å². The van der Waals surface area contributed by atoms with Gasteiger partial charge in [0.05, 0.1) is 34.4 Å². The maximum Gasteiger partial charge on any atom is 0.362 e. The zero-order valence-corrected chi connectivity index (χ0v) is 35.5. The van der Waals surface area contributed by atoms with Crippen LogP contribution in [0.4, 0.5) is 0 Å². The number of allylic oxidation sites excluding steroid dienone is 2. The number of carboxylic acid groups (broad SMARTS) is 1. The number of hydrogen-bond acceptors (Lipinski definition) is 6. The third kappa shape index (κ3) is 35.5. The summed E-state index contributed by atoms with van der Waals surface area (Å²) in [5.41, 5.74) is 0. The number of quaternary nitrogens is 1. The number of esters is 2. The maximum absolute atomic E-state index is 12.7. The number of ether oxygens (including phenoxy) is 3. The van der Waals surface area contributed by atoms with Crippen LogP contribution in [0.5, 0.6) is 0 Å². The average Bonchev–Trinajstić information content (AvgIpc) is 3.11. The Morgan fingerprint density at radius 2 is 0.943 bits per heavy atom. The lowest BCUT2D eigenvalue weighted by Crippen LogP contribution is -2.50. The summed E-state index contributed by atoms with van der Waals surface area (Å²) in [6, 6.07) is -0.611. The molecule has 2 atom stereocenters. The van der Waals surface area contributed by atoms with E-state index >= 15 is 0 Å². The van der Waals surface area contributed by atoms with Gasteiger partial charge in [0.1, 0.15) is 6.61 Å². The molecule has 53 heavy (non-hydrogen) atoms. The number of carbonyl (C=O) groups excluding carboxylic acids is 2. The second-order valence-electron chi connectivity index (χ2n) is 16.3. The molecular formula is C45H86NO7+. The van der Waals surface area contributed by atoms with E-state index in [1.165, 1.54) is 122 Å². The first-order chi connectivity index (χ1) is 25.6. The Morgan fingerprint density at radius 3 is 1.38 bits per heavy atom. The van der Waals surface area contributed by atoms with E-state index in [1.807, 2.05) is 21.1 Å². The normalized spacial score (nSPS) is 13.0. The molecule has 0 saturated carbocycles. The lowest BCUT2D eigenvalue weighted by atomic mass is 10.0. The molecule has 8 nitrogen and oxygen atoms in total. The van der Waals surface area contributed by atoms with Gasteiger partial charge in [0.25, 0.3) is 0 Å². The highest BCUT2D eigenvalue weighted by molar-refractivity contribution is 5.72. The first-order valence-electron chi connectivity index (χ1n) is 22.2. The summed E-state index contributed by atoms with van der Waals surface area (Å²) in [7, 11) is 5.53. The second-order valence-corrected chi connectivity index (χ2v) is 16.3. The summed E-state index contributed by atoms with van der Waals surface area (Å²) in [6.45, 7) is 4.73. The van der Waals surface area contributed by atoms with Crippen molar-refractivity contribution in [3.8, 4) is 0 Å². The predicted octanol–water partition coefficient (Wildman–Crippen LogP) is 11.9. The molecule has 0 radical (unpaired) electrons. The Hall–Kier alpha value is -1.93. The summed E-state index contributed by atoms with van der Waals surface area (Å²) in [5.74, 6) is -1.46. The molecule has 312 valence electrons. The van der Waals surface area contributed by atoms with E-state index < -0.39 is 18.1 Å². The van der Waals surface area contributed by atoms with Gasteiger partial charge < -0.3 is 23.8 Å². The second kappa shape index (κ2) is 37.0. The Labute approximate surface area is 327 Å². The minimum Gasteiger partial charge on any atom is -0.477 e. The van der Waals surface area contributed by atoms with Crippen molar-refractivity contribution in [3.05, 3.63) is 12.2 Å². The Morgan fingerprint density at radius 1 is 0.547 bits per heavy atom. The Kier molecular flexibility index (Phi) is 35.7. The largest absolute Gasteiger partial charge is 0.477 e. The van der Waals surface area contributed by atoms with Gasteiger partial charge in [-0.25, -0.2) is 4.79 Å². The molecule has 0 aliphatic carbocycles. The molecule has 0 aliphatic heterocycles. The van der Waals surface area contributed by atoms with Crippen LogP contribution in [0.15, 0.2) is 12.2 Å². The molecule has 0 aromatic carbocycles. The van der Waals surface area contributed by atoms with Crippen LogP contribution in [-0.4, -0.2) is 80.6 Å². The molecule has 0 heterocycles. The van der Waals surface area contributed by atoms with Gasteiger partial charge in [-0.05, 0) is 38.5 Å². The molecule has 0 aromatic rings. The van der Waals surface area contributed by atoms with Gasteiger partial charge in [0.15, 0.2) is 12.1 Å². The van der Waals surface area contributed by atoms with Crippen molar-refractivity contribution >= 4 is 17.9 Å². The summed E-state index contributed by atoms with van der Waals surface area (Å²) < 4.78 is 17.3. The van der Waals surface area contributed by atoms with E-state index in [-0.39, 0.29) is 36.2 Å². The number of carboxylic acids is 1. The van der Waals surface area contributed by atoms with Gasteiger partial charge in [0.2, 0.25) is 0 Å². The van der Waals surface area contributed by atoms with Gasteiger partial charge in [-0.1, -0.05) is 161 Å². The average molecular weight is 753 g/mol. The van der Waals surface area contributed by atoms with Crippen molar-refractivity contribution in [2.75, 3.05) is 41.0 Å². The summed E-state index contributed by atoms with van der Waals surface area (Å²) in [6.07, 6.45) is 38.2. The number of aliphatic carboxylic acids is 1. The standard InChI is InChI=1S/C45H85NO7/c1-6-8-10-12-14-16-18-20-21-22-24-25-27-29-31-33-35-43(47)52-40-41(39-51-38-37-42(45(49)50)46(3,4)5)53-44(48)36-34-32-30-28-26-23-19-17-15-13-11-9-7-2/h17,19,41-42H,6-16,18,20-40H2,1-5H3/p+1/b19-17-. The predicted molar refractivity (Wildman–Crippen MR) is 220 cm³/mol. The quantitative estimate of drug-likeness (QED) is 0.0288. The minimum absolute atomic E-state index is 0.0484. The smallest absolute Gasteiger partial charge is 0.362 e. The molecule has 1 N–H and O–H groups in total. The molecule has 2 unspecified atom stereocenters. The first-order valence-corrected chi connectivity index (χ1v) is 22.2. The molecule has 0 saturated heterocycles. The number of unbranched alkanes of at least 4 members (excludes halogenated alkanes) is 24. The topological polar surface area (TPSA) is 99.1 Å². The van der Waals surface area contributed by atoms with Crippen molar-refractivity contribution in [1.29, 1.82) is 0 Å². The number of rotatable bonds is 40. The van der Waals surface area contributed by atoms with Crippen LogP contribution in [0, 0.1) is 0 Å². The minimum atomic E-state index is -0.874. The molecule has 0 fully saturated rings. The fourth-order valence-corrected chi connectivity index (χ4v) is 6.67. The highest BCUT2D eigenvalue weighted by Crippen LogP contribution is 2.15. The van der Waals surface area contributed by atoms with Crippen LogP contribution < -0.4 is 0 Å². The van der Waals surface area contributed by atoms with Crippen LogP contribution in [0.25, 0.3) is 0 Å². The third-order valence-corrected chi connectivity index (χ3v) is 10.2. The number of carbonyl (C=O) groups is 3. The molecule has 0 aliphatic rings. The van der Waals surface area contributed by atoms with Crippen molar-refractivity contribution in [3.63, 3.8) is 0 Å². The number of likely N-dealkylation sites (N-methyl/N-ethyl adjacent to an activating group) is 1. The monoisotopic (exact) mass is 753 g/mol. The maximum atomic E-state index is 12.7. The third-order valence-electron chi connectivity index (χ3n) is 10.2. The van der Waals surface area contributed by atoms with Gasteiger partial charge in [-0.3, -0.25) is 9.59 Å². The van der Waals surface area contributed by atoms with Crippen LogP contribution in [-0.2, 0) is 28.6 Å².